The van der Waals surface area contributed by atoms with E-state index < -0.39 is 0 Å². The molecule has 0 spiro atoms. The molecule has 3 rings (SSSR count). The molecule has 2 N–H and O–H groups in total. The van der Waals surface area contributed by atoms with Gasteiger partial charge < -0.3 is 25.0 Å². The normalized spacial score (nSPS) is 13.3. The van der Waals surface area contributed by atoms with Crippen molar-refractivity contribution < 1.29 is 19.1 Å². The summed E-state index contributed by atoms with van der Waals surface area (Å²) in [5.74, 6) is 1.41. The zero-order valence-electron chi connectivity index (χ0n) is 16.9. The Morgan fingerprint density at radius 2 is 1.83 bits per heavy atom. The Morgan fingerprint density at radius 1 is 1.10 bits per heavy atom. The van der Waals surface area contributed by atoms with Crippen molar-refractivity contribution in [2.45, 2.75) is 32.6 Å². The largest absolute Gasteiger partial charge is 0.494 e. The smallest absolute Gasteiger partial charge is 0.323 e. The van der Waals surface area contributed by atoms with Gasteiger partial charge in [0, 0.05) is 30.4 Å². The molecule has 7 nitrogen and oxygen atoms in total. The number of anilines is 3. The lowest BCUT2D eigenvalue weighted by Crippen LogP contribution is -2.24. The van der Waals surface area contributed by atoms with Crippen molar-refractivity contribution in [3.05, 3.63) is 42.5 Å². The van der Waals surface area contributed by atoms with Crippen molar-refractivity contribution in [1.82, 2.24) is 0 Å². The van der Waals surface area contributed by atoms with Crippen LogP contribution in [0, 0.1) is 0 Å². The lowest BCUT2D eigenvalue weighted by molar-refractivity contribution is -0.117. The Hall–Kier alpha value is -3.22. The summed E-state index contributed by atoms with van der Waals surface area (Å²) in [7, 11) is 1.55. The van der Waals surface area contributed by atoms with Crippen LogP contribution in [0.15, 0.2) is 42.5 Å². The summed E-state index contributed by atoms with van der Waals surface area (Å²) in [4.78, 5) is 26.0. The Balaban J connectivity index is 1.59. The first-order chi connectivity index (χ1) is 14.1. The summed E-state index contributed by atoms with van der Waals surface area (Å²) >= 11 is 0. The van der Waals surface area contributed by atoms with Gasteiger partial charge in [0.1, 0.15) is 11.5 Å². The van der Waals surface area contributed by atoms with Gasteiger partial charge in [0.2, 0.25) is 5.91 Å². The molecule has 154 valence electrons. The number of methoxy groups -OCH3 is 1. The quantitative estimate of drug-likeness (QED) is 0.636. The third-order valence-electron chi connectivity index (χ3n) is 4.68. The number of carbonyl (C=O) groups excluding carboxylic acids is 2. The molecule has 2 aromatic rings. The van der Waals surface area contributed by atoms with Crippen LogP contribution in [-0.2, 0) is 4.79 Å². The fourth-order valence-corrected chi connectivity index (χ4v) is 3.14. The maximum atomic E-state index is 12.3. The molecule has 1 saturated heterocycles. The molecule has 0 bridgehead atoms. The van der Waals surface area contributed by atoms with Gasteiger partial charge in [0.25, 0.3) is 0 Å². The van der Waals surface area contributed by atoms with E-state index in [-0.39, 0.29) is 11.9 Å². The van der Waals surface area contributed by atoms with Gasteiger partial charge in [-0.25, -0.2) is 4.79 Å². The zero-order valence-corrected chi connectivity index (χ0v) is 16.9. The van der Waals surface area contributed by atoms with Crippen molar-refractivity contribution >= 4 is 29.0 Å². The van der Waals surface area contributed by atoms with Gasteiger partial charge in [0.05, 0.1) is 19.4 Å². The minimum absolute atomic E-state index is 0.0869. The molecule has 0 saturated carbocycles. The average molecular weight is 397 g/mol. The van der Waals surface area contributed by atoms with E-state index in [0.717, 1.165) is 30.7 Å². The van der Waals surface area contributed by atoms with E-state index >= 15 is 0 Å². The van der Waals surface area contributed by atoms with E-state index in [9.17, 15) is 9.59 Å². The molecular formula is C22H27N3O4. The number of hydrogen-bond donors (Lipinski definition) is 2. The number of ether oxygens (including phenoxy) is 2. The highest BCUT2D eigenvalue weighted by molar-refractivity contribution is 6.01. The minimum atomic E-state index is -0.364. The van der Waals surface area contributed by atoms with E-state index in [4.69, 9.17) is 9.47 Å². The third kappa shape index (κ3) is 5.40. The first-order valence-corrected chi connectivity index (χ1v) is 9.90. The molecule has 0 radical (unpaired) electrons. The number of rotatable bonds is 8. The van der Waals surface area contributed by atoms with Crippen LogP contribution < -0.4 is 25.0 Å². The third-order valence-corrected chi connectivity index (χ3v) is 4.68. The Bertz CT molecular complexity index is 852. The maximum Gasteiger partial charge on any atom is 0.323 e. The molecule has 2 aromatic carbocycles. The number of nitrogens with zero attached hydrogens (tertiary/aromatic N) is 1. The van der Waals surface area contributed by atoms with Gasteiger partial charge in [-0.3, -0.25) is 4.79 Å². The van der Waals surface area contributed by atoms with Gasteiger partial charge >= 0.3 is 6.03 Å². The topological polar surface area (TPSA) is 79.9 Å². The molecule has 0 unspecified atom stereocenters. The van der Waals surface area contributed by atoms with Crippen LogP contribution in [0.25, 0.3) is 0 Å². The van der Waals surface area contributed by atoms with E-state index in [1.165, 1.54) is 0 Å². The second-order valence-corrected chi connectivity index (χ2v) is 6.84. The van der Waals surface area contributed by atoms with Crippen LogP contribution >= 0.6 is 0 Å². The number of nitrogens with one attached hydrogen (secondary N) is 2. The first-order valence-electron chi connectivity index (χ1n) is 9.90. The number of benzene rings is 2. The summed E-state index contributed by atoms with van der Waals surface area (Å²) in [6.45, 7) is 3.48. The number of amides is 3. The molecule has 0 atom stereocenters. The summed E-state index contributed by atoms with van der Waals surface area (Å²) in [6, 6.07) is 12.1. The Kier molecular flexibility index (Phi) is 6.94. The van der Waals surface area contributed by atoms with Crippen molar-refractivity contribution in [1.29, 1.82) is 0 Å². The van der Waals surface area contributed by atoms with Crippen LogP contribution in [0.2, 0.25) is 0 Å². The predicted molar refractivity (Wildman–Crippen MR) is 114 cm³/mol. The van der Waals surface area contributed by atoms with Gasteiger partial charge in [-0.15, -0.1) is 0 Å². The van der Waals surface area contributed by atoms with Crippen molar-refractivity contribution in [3.8, 4) is 11.5 Å². The first kappa shape index (κ1) is 20.5. The standard InChI is InChI=1S/C22H27N3O4/c1-3-4-14-29-18-10-7-16(8-11-18)23-22(27)24-17-9-12-19(20(15-17)28-2)25-13-5-6-21(25)26/h7-12,15H,3-6,13-14H2,1-2H3,(H2,23,24,27). The fourth-order valence-electron chi connectivity index (χ4n) is 3.14. The molecule has 0 aromatic heterocycles. The van der Waals surface area contributed by atoms with Crippen LogP contribution in [0.1, 0.15) is 32.6 Å². The molecule has 0 aliphatic carbocycles. The van der Waals surface area contributed by atoms with Gasteiger partial charge in [0.15, 0.2) is 0 Å². The van der Waals surface area contributed by atoms with Gasteiger partial charge in [-0.05, 0) is 49.2 Å². The highest BCUT2D eigenvalue weighted by Gasteiger charge is 2.24. The molecule has 29 heavy (non-hydrogen) atoms. The average Bonchev–Trinajstić information content (AvgIpc) is 3.15. The SMILES string of the molecule is CCCCOc1ccc(NC(=O)Nc2ccc(N3CCCC3=O)c(OC)c2)cc1. The lowest BCUT2D eigenvalue weighted by atomic mass is 10.2. The number of hydrogen-bond acceptors (Lipinski definition) is 4. The Morgan fingerprint density at radius 3 is 2.48 bits per heavy atom. The molecule has 7 heteroatoms. The summed E-state index contributed by atoms with van der Waals surface area (Å²) in [5.41, 5.74) is 1.96. The van der Waals surface area contributed by atoms with Crippen LogP contribution in [0.5, 0.6) is 11.5 Å². The number of unbranched alkanes of at least 4 members (excludes halogenated alkanes) is 1. The Labute approximate surface area is 171 Å². The zero-order chi connectivity index (χ0) is 20.6. The van der Waals surface area contributed by atoms with E-state index in [1.54, 1.807) is 42.3 Å². The molecule has 1 aliphatic heterocycles. The van der Waals surface area contributed by atoms with E-state index in [1.807, 2.05) is 12.1 Å². The van der Waals surface area contributed by atoms with Gasteiger partial charge in [-0.2, -0.15) is 0 Å². The molecule has 1 fully saturated rings. The van der Waals surface area contributed by atoms with Crippen LogP contribution in [0.4, 0.5) is 21.9 Å². The predicted octanol–water partition coefficient (Wildman–Crippen LogP) is 4.64. The number of urea groups is 1. The second kappa shape index (κ2) is 9.82. The highest BCUT2D eigenvalue weighted by Crippen LogP contribution is 2.33. The van der Waals surface area contributed by atoms with Crippen molar-refractivity contribution in [2.75, 3.05) is 35.8 Å². The molecule has 1 aliphatic rings. The van der Waals surface area contributed by atoms with E-state index in [2.05, 4.69) is 17.6 Å². The summed E-state index contributed by atoms with van der Waals surface area (Å²) in [5, 5.41) is 5.57. The molecule has 3 amide bonds. The second-order valence-electron chi connectivity index (χ2n) is 6.84. The van der Waals surface area contributed by atoms with E-state index in [0.29, 0.717) is 36.7 Å². The van der Waals surface area contributed by atoms with Crippen LogP contribution in [-0.4, -0.2) is 32.2 Å². The highest BCUT2D eigenvalue weighted by atomic mass is 16.5. The summed E-state index contributed by atoms with van der Waals surface area (Å²) < 4.78 is 11.0. The van der Waals surface area contributed by atoms with Gasteiger partial charge in [-0.1, -0.05) is 13.3 Å². The molecular weight excluding hydrogens is 370 g/mol. The molecule has 1 heterocycles. The minimum Gasteiger partial charge on any atom is -0.494 e. The summed E-state index contributed by atoms with van der Waals surface area (Å²) in [6.07, 6.45) is 3.48. The van der Waals surface area contributed by atoms with Crippen molar-refractivity contribution in [2.24, 2.45) is 0 Å². The lowest BCUT2D eigenvalue weighted by Gasteiger charge is -2.19. The maximum absolute atomic E-state index is 12.3. The van der Waals surface area contributed by atoms with Crippen molar-refractivity contribution in [3.63, 3.8) is 0 Å². The number of carbonyl (C=O) groups is 2. The monoisotopic (exact) mass is 397 g/mol. The van der Waals surface area contributed by atoms with Crippen LogP contribution in [0.3, 0.4) is 0 Å². The fraction of sp³-hybridized carbons (Fsp3) is 0.364.